The van der Waals surface area contributed by atoms with Crippen molar-refractivity contribution in [3.8, 4) is 0 Å². The monoisotopic (exact) mass is 388 g/mol. The second-order valence-corrected chi connectivity index (χ2v) is 12.0. The molecule has 0 spiro atoms. The van der Waals surface area contributed by atoms with Crippen molar-refractivity contribution in [2.45, 2.75) is 98.7 Å². The third-order valence-corrected chi connectivity index (χ3v) is 8.49. The molecule has 1 aliphatic carbocycles. The molecule has 0 saturated heterocycles. The van der Waals surface area contributed by atoms with Crippen molar-refractivity contribution in [1.82, 2.24) is 0 Å². The van der Waals surface area contributed by atoms with Crippen molar-refractivity contribution >= 4 is 10.1 Å². The Balaban J connectivity index is 3.56. The fraction of sp³-hybridized carbons (Fsp3) is 1.00. The third kappa shape index (κ3) is 5.25. The molecule has 1 saturated carbocycles. The summed E-state index contributed by atoms with van der Waals surface area (Å²) in [4.78, 5) is 0. The van der Waals surface area contributed by atoms with E-state index in [-0.39, 0.29) is 17.8 Å². The summed E-state index contributed by atoms with van der Waals surface area (Å²) in [5.74, 6) is 2.03. The fourth-order valence-electron chi connectivity index (χ4n) is 5.73. The highest BCUT2D eigenvalue weighted by Gasteiger charge is 2.58. The molecule has 4 heteroatoms. The molecule has 0 aromatic heterocycles. The standard InChI is InChI=1S/C22H44O3S/c1-15(2)13-19(17(5)6)20-11-9-10-12-22(20,26(23,24)25)21(18(7)8)14-16(3)4/h15-21H,9-14H2,1-8H3,(H,23,24,25). The largest absolute Gasteiger partial charge is 0.285 e. The van der Waals surface area contributed by atoms with Gasteiger partial charge in [0.05, 0.1) is 0 Å². The Labute approximate surface area is 163 Å². The van der Waals surface area contributed by atoms with Crippen LogP contribution in [-0.4, -0.2) is 17.7 Å². The van der Waals surface area contributed by atoms with Crippen LogP contribution in [0.1, 0.15) is 93.9 Å². The van der Waals surface area contributed by atoms with Gasteiger partial charge in [0.1, 0.15) is 4.75 Å². The Bertz CT molecular complexity index is 522. The van der Waals surface area contributed by atoms with Crippen LogP contribution in [-0.2, 0) is 10.1 Å². The summed E-state index contributed by atoms with van der Waals surface area (Å²) in [5, 5.41) is 0. The molecule has 0 aliphatic heterocycles. The molecular weight excluding hydrogens is 344 g/mol. The zero-order valence-electron chi connectivity index (χ0n) is 18.5. The van der Waals surface area contributed by atoms with Crippen LogP contribution < -0.4 is 0 Å². The summed E-state index contributed by atoms with van der Waals surface area (Å²) in [6.07, 6.45) is 5.43. The average Bonchev–Trinajstić information content (AvgIpc) is 2.48. The molecule has 1 rings (SSSR count). The topological polar surface area (TPSA) is 54.4 Å². The van der Waals surface area contributed by atoms with E-state index >= 15 is 0 Å². The first-order valence-electron chi connectivity index (χ1n) is 10.8. The molecular formula is C22H44O3S. The summed E-state index contributed by atoms with van der Waals surface area (Å²) in [6, 6.07) is 0. The van der Waals surface area contributed by atoms with Crippen LogP contribution in [0.4, 0.5) is 0 Å². The minimum atomic E-state index is -4.14. The highest BCUT2D eigenvalue weighted by atomic mass is 32.2. The molecule has 0 aromatic carbocycles. The van der Waals surface area contributed by atoms with E-state index in [4.69, 9.17) is 0 Å². The first-order valence-corrected chi connectivity index (χ1v) is 12.3. The molecule has 4 atom stereocenters. The van der Waals surface area contributed by atoms with Gasteiger partial charge in [0.2, 0.25) is 0 Å². The highest BCUT2D eigenvalue weighted by molar-refractivity contribution is 7.87. The van der Waals surface area contributed by atoms with Gasteiger partial charge in [0, 0.05) is 0 Å². The van der Waals surface area contributed by atoms with Gasteiger partial charge in [-0.3, -0.25) is 4.55 Å². The third-order valence-electron chi connectivity index (χ3n) is 6.71. The normalized spacial score (nSPS) is 27.5. The van der Waals surface area contributed by atoms with Gasteiger partial charge in [0.25, 0.3) is 10.1 Å². The van der Waals surface area contributed by atoms with E-state index in [1.54, 1.807) is 0 Å². The van der Waals surface area contributed by atoms with Crippen molar-refractivity contribution in [2.24, 2.45) is 41.4 Å². The van der Waals surface area contributed by atoms with Crippen LogP contribution >= 0.6 is 0 Å². The number of hydrogen-bond acceptors (Lipinski definition) is 2. The zero-order chi connectivity index (χ0) is 20.3. The van der Waals surface area contributed by atoms with Crippen LogP contribution in [0.25, 0.3) is 0 Å². The van der Waals surface area contributed by atoms with Crippen LogP contribution in [0.15, 0.2) is 0 Å². The predicted molar refractivity (Wildman–Crippen MR) is 112 cm³/mol. The van der Waals surface area contributed by atoms with Gasteiger partial charge in [0.15, 0.2) is 0 Å². The van der Waals surface area contributed by atoms with E-state index in [2.05, 4.69) is 55.4 Å². The van der Waals surface area contributed by atoms with E-state index in [1.165, 1.54) is 0 Å². The fourth-order valence-corrected chi connectivity index (χ4v) is 7.56. The van der Waals surface area contributed by atoms with Crippen LogP contribution in [0.2, 0.25) is 0 Å². The highest BCUT2D eigenvalue weighted by Crippen LogP contribution is 2.54. The van der Waals surface area contributed by atoms with Crippen molar-refractivity contribution < 1.29 is 13.0 Å². The van der Waals surface area contributed by atoms with Crippen molar-refractivity contribution in [2.75, 3.05) is 0 Å². The maximum Gasteiger partial charge on any atom is 0.271 e. The average molecular weight is 389 g/mol. The Morgan fingerprint density at radius 2 is 1.42 bits per heavy atom. The predicted octanol–water partition coefficient (Wildman–Crippen LogP) is 6.44. The summed E-state index contributed by atoms with van der Waals surface area (Å²) in [6.45, 7) is 17.5. The van der Waals surface area contributed by atoms with E-state index in [1.807, 2.05) is 0 Å². The van der Waals surface area contributed by atoms with Gasteiger partial charge < -0.3 is 0 Å². The lowest BCUT2D eigenvalue weighted by molar-refractivity contribution is 0.0580. The maximum absolute atomic E-state index is 13.0. The Morgan fingerprint density at radius 3 is 1.81 bits per heavy atom. The molecule has 1 fully saturated rings. The van der Waals surface area contributed by atoms with Crippen molar-refractivity contribution in [3.05, 3.63) is 0 Å². The van der Waals surface area contributed by atoms with Gasteiger partial charge in [-0.1, -0.05) is 68.2 Å². The second-order valence-electron chi connectivity index (χ2n) is 10.3. The first kappa shape index (κ1) is 23.9. The van der Waals surface area contributed by atoms with Gasteiger partial charge in [-0.15, -0.1) is 0 Å². The number of hydrogen-bond donors (Lipinski definition) is 1. The first-order chi connectivity index (χ1) is 11.8. The molecule has 1 N–H and O–H groups in total. The summed E-state index contributed by atoms with van der Waals surface area (Å²) >= 11 is 0. The quantitative estimate of drug-likeness (QED) is 0.462. The van der Waals surface area contributed by atoms with Gasteiger partial charge >= 0.3 is 0 Å². The Morgan fingerprint density at radius 1 is 0.885 bits per heavy atom. The molecule has 4 unspecified atom stereocenters. The molecule has 0 amide bonds. The van der Waals surface area contributed by atoms with Gasteiger partial charge in [-0.2, -0.15) is 8.42 Å². The van der Waals surface area contributed by atoms with Crippen LogP contribution in [0, 0.1) is 41.4 Å². The van der Waals surface area contributed by atoms with E-state index < -0.39 is 14.9 Å². The lowest BCUT2D eigenvalue weighted by atomic mass is 9.59. The number of rotatable bonds is 9. The maximum atomic E-state index is 13.0. The molecule has 0 aromatic rings. The summed E-state index contributed by atoms with van der Waals surface area (Å²) in [5.41, 5.74) is 0. The molecule has 156 valence electrons. The molecule has 1 aliphatic rings. The zero-order valence-corrected chi connectivity index (χ0v) is 19.3. The summed E-state index contributed by atoms with van der Waals surface area (Å²) < 4.78 is 35.7. The Hall–Kier alpha value is -0.0900. The molecule has 0 bridgehead atoms. The molecule has 0 radical (unpaired) electrons. The van der Waals surface area contributed by atoms with Crippen molar-refractivity contribution in [3.63, 3.8) is 0 Å². The second kappa shape index (κ2) is 9.41. The lowest BCUT2D eigenvalue weighted by Crippen LogP contribution is -2.57. The minimum Gasteiger partial charge on any atom is -0.285 e. The van der Waals surface area contributed by atoms with Gasteiger partial charge in [-0.05, 0) is 67.1 Å². The van der Waals surface area contributed by atoms with E-state index in [0.29, 0.717) is 30.1 Å². The van der Waals surface area contributed by atoms with E-state index in [0.717, 1.165) is 32.1 Å². The minimum absolute atomic E-state index is 0.0104. The molecule has 3 nitrogen and oxygen atoms in total. The van der Waals surface area contributed by atoms with Crippen molar-refractivity contribution in [1.29, 1.82) is 0 Å². The summed E-state index contributed by atoms with van der Waals surface area (Å²) in [7, 11) is -4.14. The van der Waals surface area contributed by atoms with Gasteiger partial charge in [-0.25, -0.2) is 0 Å². The van der Waals surface area contributed by atoms with Crippen LogP contribution in [0.5, 0.6) is 0 Å². The Kier molecular flexibility index (Phi) is 8.66. The van der Waals surface area contributed by atoms with E-state index in [9.17, 15) is 13.0 Å². The SMILES string of the molecule is CC(C)CC(C(C)C)C1CCCCC1(C(CC(C)C)C(C)C)S(=O)(=O)O. The molecule has 0 heterocycles. The van der Waals surface area contributed by atoms with Crippen LogP contribution in [0.3, 0.4) is 0 Å². The molecule has 26 heavy (non-hydrogen) atoms. The lowest BCUT2D eigenvalue weighted by Gasteiger charge is -2.52. The smallest absolute Gasteiger partial charge is 0.271 e.